The summed E-state index contributed by atoms with van der Waals surface area (Å²) in [6, 6.07) is 4.51. The molecule has 1 aliphatic rings. The van der Waals surface area contributed by atoms with Crippen LogP contribution < -0.4 is 5.32 Å². The first kappa shape index (κ1) is 14.4. The van der Waals surface area contributed by atoms with E-state index in [2.05, 4.69) is 12.2 Å². The molecular weight excluding hydrogens is 244 g/mol. The van der Waals surface area contributed by atoms with Crippen LogP contribution in [0.15, 0.2) is 18.2 Å². The van der Waals surface area contributed by atoms with Crippen LogP contribution in [0.1, 0.15) is 38.2 Å². The summed E-state index contributed by atoms with van der Waals surface area (Å²) in [6.45, 7) is 3.90. The van der Waals surface area contributed by atoms with E-state index in [1.165, 1.54) is 31.7 Å². The normalized spacial score (nSPS) is 17.8. The SMILES string of the molecule is CCNCC(Cc1cccc(F)c1F)C1CCCC1. The molecule has 2 rings (SSSR count). The molecule has 1 aromatic rings. The van der Waals surface area contributed by atoms with Crippen LogP contribution in [0.5, 0.6) is 0 Å². The Hall–Kier alpha value is -0.960. The van der Waals surface area contributed by atoms with Crippen LogP contribution in [0.25, 0.3) is 0 Å². The fourth-order valence-corrected chi connectivity index (χ4v) is 3.15. The Morgan fingerprint density at radius 1 is 1.26 bits per heavy atom. The molecule has 0 heterocycles. The second kappa shape index (κ2) is 6.99. The molecule has 0 radical (unpaired) electrons. The molecule has 1 saturated carbocycles. The lowest BCUT2D eigenvalue weighted by molar-refractivity contribution is 0.318. The lowest BCUT2D eigenvalue weighted by Crippen LogP contribution is -2.29. The van der Waals surface area contributed by atoms with Crippen molar-refractivity contribution < 1.29 is 8.78 Å². The highest BCUT2D eigenvalue weighted by atomic mass is 19.2. The third kappa shape index (κ3) is 3.75. The Morgan fingerprint density at radius 2 is 2.00 bits per heavy atom. The van der Waals surface area contributed by atoms with Crippen molar-refractivity contribution in [3.8, 4) is 0 Å². The van der Waals surface area contributed by atoms with Crippen molar-refractivity contribution >= 4 is 0 Å². The fraction of sp³-hybridized carbons (Fsp3) is 0.625. The highest BCUT2D eigenvalue weighted by Crippen LogP contribution is 2.33. The quantitative estimate of drug-likeness (QED) is 0.823. The summed E-state index contributed by atoms with van der Waals surface area (Å²) < 4.78 is 27.0. The summed E-state index contributed by atoms with van der Waals surface area (Å²) in [6.07, 6.45) is 5.65. The average Bonchev–Trinajstić information content (AvgIpc) is 2.93. The molecule has 1 N–H and O–H groups in total. The van der Waals surface area contributed by atoms with Crippen LogP contribution in [0.4, 0.5) is 8.78 Å². The largest absolute Gasteiger partial charge is 0.317 e. The topological polar surface area (TPSA) is 12.0 Å². The van der Waals surface area contributed by atoms with Crippen molar-refractivity contribution in [3.63, 3.8) is 0 Å². The van der Waals surface area contributed by atoms with E-state index in [4.69, 9.17) is 0 Å². The van der Waals surface area contributed by atoms with Gasteiger partial charge < -0.3 is 5.32 Å². The molecule has 1 aliphatic carbocycles. The zero-order valence-electron chi connectivity index (χ0n) is 11.6. The van der Waals surface area contributed by atoms with Gasteiger partial charge in [0, 0.05) is 0 Å². The number of rotatable bonds is 6. The van der Waals surface area contributed by atoms with Crippen molar-refractivity contribution in [1.82, 2.24) is 5.32 Å². The summed E-state index contributed by atoms with van der Waals surface area (Å²) >= 11 is 0. The van der Waals surface area contributed by atoms with E-state index < -0.39 is 11.6 Å². The first-order valence-electron chi connectivity index (χ1n) is 7.36. The Balaban J connectivity index is 2.07. The summed E-state index contributed by atoms with van der Waals surface area (Å²) in [5.41, 5.74) is 0.523. The first-order chi connectivity index (χ1) is 9.22. The van der Waals surface area contributed by atoms with Gasteiger partial charge in [0.25, 0.3) is 0 Å². The van der Waals surface area contributed by atoms with Crippen molar-refractivity contribution in [2.45, 2.75) is 39.0 Å². The Kier molecular flexibility index (Phi) is 5.32. The molecular formula is C16H23F2N. The van der Waals surface area contributed by atoms with Gasteiger partial charge in [0.1, 0.15) is 0 Å². The minimum absolute atomic E-state index is 0.416. The number of halogens is 2. The van der Waals surface area contributed by atoms with E-state index in [-0.39, 0.29) is 0 Å². The van der Waals surface area contributed by atoms with Gasteiger partial charge in [-0.1, -0.05) is 44.7 Å². The zero-order valence-corrected chi connectivity index (χ0v) is 11.6. The molecule has 1 unspecified atom stereocenters. The molecule has 0 bridgehead atoms. The number of hydrogen-bond acceptors (Lipinski definition) is 1. The molecule has 0 spiro atoms. The summed E-state index contributed by atoms with van der Waals surface area (Å²) in [5.74, 6) is -0.325. The third-order valence-electron chi connectivity index (χ3n) is 4.24. The van der Waals surface area contributed by atoms with E-state index in [0.29, 0.717) is 23.8 Å². The second-order valence-corrected chi connectivity index (χ2v) is 5.53. The van der Waals surface area contributed by atoms with Crippen molar-refractivity contribution in [3.05, 3.63) is 35.4 Å². The monoisotopic (exact) mass is 267 g/mol. The van der Waals surface area contributed by atoms with Gasteiger partial charge in [-0.2, -0.15) is 0 Å². The van der Waals surface area contributed by atoms with Crippen LogP contribution in [0.2, 0.25) is 0 Å². The summed E-state index contributed by atoms with van der Waals surface area (Å²) in [4.78, 5) is 0. The Labute approximate surface area is 114 Å². The van der Waals surface area contributed by atoms with Gasteiger partial charge >= 0.3 is 0 Å². The third-order valence-corrected chi connectivity index (χ3v) is 4.24. The molecule has 1 fully saturated rings. The van der Waals surface area contributed by atoms with Crippen LogP contribution in [-0.4, -0.2) is 13.1 Å². The minimum atomic E-state index is -0.730. The molecule has 1 nitrogen and oxygen atoms in total. The van der Waals surface area contributed by atoms with E-state index in [0.717, 1.165) is 13.1 Å². The number of hydrogen-bond donors (Lipinski definition) is 1. The predicted molar refractivity (Wildman–Crippen MR) is 74.1 cm³/mol. The van der Waals surface area contributed by atoms with Gasteiger partial charge in [-0.3, -0.25) is 0 Å². The van der Waals surface area contributed by atoms with Gasteiger partial charge in [0.2, 0.25) is 0 Å². The molecule has 106 valence electrons. The number of benzene rings is 1. The average molecular weight is 267 g/mol. The molecule has 19 heavy (non-hydrogen) atoms. The van der Waals surface area contributed by atoms with Gasteiger partial charge in [-0.25, -0.2) is 8.78 Å². The first-order valence-corrected chi connectivity index (χ1v) is 7.36. The maximum absolute atomic E-state index is 13.8. The lowest BCUT2D eigenvalue weighted by Gasteiger charge is -2.24. The highest BCUT2D eigenvalue weighted by Gasteiger charge is 2.26. The van der Waals surface area contributed by atoms with Gasteiger partial charge in [-0.05, 0) is 43.0 Å². The molecule has 0 saturated heterocycles. The predicted octanol–water partition coefficient (Wildman–Crippen LogP) is 3.92. The van der Waals surface area contributed by atoms with Crippen LogP contribution in [0.3, 0.4) is 0 Å². The van der Waals surface area contributed by atoms with Crippen LogP contribution in [0, 0.1) is 23.5 Å². The molecule has 0 amide bonds. The van der Waals surface area contributed by atoms with E-state index in [1.807, 2.05) is 0 Å². The minimum Gasteiger partial charge on any atom is -0.317 e. The maximum Gasteiger partial charge on any atom is 0.162 e. The van der Waals surface area contributed by atoms with E-state index >= 15 is 0 Å². The molecule has 1 atom stereocenters. The fourth-order valence-electron chi connectivity index (χ4n) is 3.15. The summed E-state index contributed by atoms with van der Waals surface area (Å²) in [5, 5.41) is 3.36. The Bertz CT molecular complexity index is 400. The van der Waals surface area contributed by atoms with Crippen molar-refractivity contribution in [2.24, 2.45) is 11.8 Å². The molecule has 3 heteroatoms. The van der Waals surface area contributed by atoms with E-state index in [1.54, 1.807) is 12.1 Å². The molecule has 1 aromatic carbocycles. The lowest BCUT2D eigenvalue weighted by atomic mass is 9.85. The second-order valence-electron chi connectivity index (χ2n) is 5.53. The van der Waals surface area contributed by atoms with Gasteiger partial charge in [0.15, 0.2) is 11.6 Å². The highest BCUT2D eigenvalue weighted by molar-refractivity contribution is 5.19. The molecule has 0 aliphatic heterocycles. The van der Waals surface area contributed by atoms with Crippen LogP contribution >= 0.6 is 0 Å². The Morgan fingerprint density at radius 3 is 2.68 bits per heavy atom. The summed E-state index contributed by atoms with van der Waals surface area (Å²) in [7, 11) is 0. The van der Waals surface area contributed by atoms with Gasteiger partial charge in [-0.15, -0.1) is 0 Å². The number of nitrogens with one attached hydrogen (secondary N) is 1. The van der Waals surface area contributed by atoms with Gasteiger partial charge in [0.05, 0.1) is 0 Å². The van der Waals surface area contributed by atoms with E-state index in [9.17, 15) is 8.78 Å². The smallest absolute Gasteiger partial charge is 0.162 e. The molecule has 0 aromatic heterocycles. The maximum atomic E-state index is 13.8. The van der Waals surface area contributed by atoms with Crippen LogP contribution in [-0.2, 0) is 6.42 Å². The standard InChI is InChI=1S/C16H23F2N/c1-2-19-11-14(12-6-3-4-7-12)10-13-8-5-9-15(17)16(13)18/h5,8-9,12,14,19H,2-4,6-7,10-11H2,1H3. The zero-order chi connectivity index (χ0) is 13.7. The van der Waals surface area contributed by atoms with Crippen molar-refractivity contribution in [2.75, 3.05) is 13.1 Å². The van der Waals surface area contributed by atoms with Crippen molar-refractivity contribution in [1.29, 1.82) is 0 Å².